The number of hydrogen-bond donors (Lipinski definition) is 1. The van der Waals surface area contributed by atoms with Gasteiger partial charge in [-0.3, -0.25) is 0 Å². The number of ether oxygens (including phenoxy) is 1. The first-order valence-electron chi connectivity index (χ1n) is 7.02. The second-order valence-electron chi connectivity index (χ2n) is 5.21. The van der Waals surface area contributed by atoms with E-state index in [9.17, 15) is 4.79 Å². The Morgan fingerprint density at radius 3 is 2.38 bits per heavy atom. The van der Waals surface area contributed by atoms with E-state index in [0.29, 0.717) is 0 Å². The van der Waals surface area contributed by atoms with Crippen molar-refractivity contribution in [2.24, 2.45) is 0 Å². The van der Waals surface area contributed by atoms with Crippen molar-refractivity contribution in [3.63, 3.8) is 0 Å². The van der Waals surface area contributed by atoms with Crippen molar-refractivity contribution in [2.75, 3.05) is 7.11 Å². The normalized spacial score (nSPS) is 13.7. The quantitative estimate of drug-likeness (QED) is 0.850. The maximum Gasteiger partial charge on any atom is 0.373 e. The highest BCUT2D eigenvalue weighted by atomic mass is 16.5. The van der Waals surface area contributed by atoms with Crippen LogP contribution >= 0.6 is 0 Å². The van der Waals surface area contributed by atoms with Crippen molar-refractivity contribution in [3.05, 3.63) is 59.0 Å². The smallest absolute Gasteiger partial charge is 0.373 e. The summed E-state index contributed by atoms with van der Waals surface area (Å²) in [6.07, 6.45) is 0. The molecular formula is C17H21NO3. The van der Waals surface area contributed by atoms with Crippen LogP contribution in [0.2, 0.25) is 0 Å². The molecule has 0 amide bonds. The Kier molecular flexibility index (Phi) is 4.81. The van der Waals surface area contributed by atoms with E-state index in [4.69, 9.17) is 4.42 Å². The number of aryl methyl sites for hydroxylation is 1. The molecule has 0 saturated heterocycles. The molecule has 2 atom stereocenters. The third kappa shape index (κ3) is 3.73. The van der Waals surface area contributed by atoms with Gasteiger partial charge in [0.25, 0.3) is 0 Å². The minimum atomic E-state index is -0.458. The van der Waals surface area contributed by atoms with E-state index >= 15 is 0 Å². The fourth-order valence-corrected chi connectivity index (χ4v) is 2.20. The van der Waals surface area contributed by atoms with Crippen LogP contribution < -0.4 is 5.32 Å². The maximum absolute atomic E-state index is 11.4. The predicted molar refractivity (Wildman–Crippen MR) is 81.2 cm³/mol. The number of methoxy groups -OCH3 is 1. The first-order chi connectivity index (χ1) is 10.0. The van der Waals surface area contributed by atoms with E-state index in [1.807, 2.05) is 6.92 Å². The van der Waals surface area contributed by atoms with Gasteiger partial charge in [0.05, 0.1) is 13.2 Å². The largest absolute Gasteiger partial charge is 0.463 e. The van der Waals surface area contributed by atoms with Crippen LogP contribution in [-0.2, 0) is 4.74 Å². The standard InChI is InChI=1S/C17H21NO3/c1-11-5-7-14(8-6-11)12(2)18-13(3)15-9-10-16(21-15)17(19)20-4/h5-10,12-13,18H,1-4H3/t12-,13?/m1/s1. The molecule has 2 aromatic rings. The van der Waals surface area contributed by atoms with Gasteiger partial charge in [-0.15, -0.1) is 0 Å². The topological polar surface area (TPSA) is 51.5 Å². The van der Waals surface area contributed by atoms with Crippen LogP contribution in [0.3, 0.4) is 0 Å². The van der Waals surface area contributed by atoms with Gasteiger partial charge < -0.3 is 14.5 Å². The highest BCUT2D eigenvalue weighted by Gasteiger charge is 2.17. The molecule has 0 bridgehead atoms. The number of esters is 1. The summed E-state index contributed by atoms with van der Waals surface area (Å²) >= 11 is 0. The molecule has 0 aliphatic heterocycles. The van der Waals surface area contributed by atoms with Crippen LogP contribution in [0.15, 0.2) is 40.8 Å². The SMILES string of the molecule is COC(=O)c1ccc(C(C)N[C@H](C)c2ccc(C)cc2)o1. The van der Waals surface area contributed by atoms with Gasteiger partial charge in [0.2, 0.25) is 5.76 Å². The monoisotopic (exact) mass is 287 g/mol. The van der Waals surface area contributed by atoms with Crippen LogP contribution in [0, 0.1) is 6.92 Å². The third-order valence-electron chi connectivity index (χ3n) is 3.52. The zero-order valence-corrected chi connectivity index (χ0v) is 12.8. The fourth-order valence-electron chi connectivity index (χ4n) is 2.20. The first-order valence-corrected chi connectivity index (χ1v) is 7.02. The molecule has 0 saturated carbocycles. The molecule has 1 unspecified atom stereocenters. The van der Waals surface area contributed by atoms with Crippen molar-refractivity contribution in [2.45, 2.75) is 32.9 Å². The number of carbonyl (C=O) groups excluding carboxylic acids is 1. The molecule has 1 aromatic carbocycles. The number of carbonyl (C=O) groups is 1. The lowest BCUT2D eigenvalue weighted by Crippen LogP contribution is -2.22. The average molecular weight is 287 g/mol. The van der Waals surface area contributed by atoms with Crippen LogP contribution in [0.1, 0.15) is 53.4 Å². The molecule has 0 radical (unpaired) electrons. The summed E-state index contributed by atoms with van der Waals surface area (Å²) in [6, 6.07) is 12.0. The molecule has 4 nitrogen and oxygen atoms in total. The second kappa shape index (κ2) is 6.59. The van der Waals surface area contributed by atoms with Gasteiger partial charge in [-0.25, -0.2) is 4.79 Å². The van der Waals surface area contributed by atoms with E-state index in [0.717, 1.165) is 5.76 Å². The van der Waals surface area contributed by atoms with Crippen molar-refractivity contribution in [1.82, 2.24) is 5.32 Å². The lowest BCUT2D eigenvalue weighted by molar-refractivity contribution is 0.0562. The Bertz CT molecular complexity index is 601. The average Bonchev–Trinajstić information content (AvgIpc) is 2.97. The summed E-state index contributed by atoms with van der Waals surface area (Å²) in [7, 11) is 1.34. The second-order valence-corrected chi connectivity index (χ2v) is 5.21. The van der Waals surface area contributed by atoms with E-state index in [1.165, 1.54) is 18.2 Å². The Morgan fingerprint density at radius 1 is 1.10 bits per heavy atom. The van der Waals surface area contributed by atoms with Crippen LogP contribution in [0.5, 0.6) is 0 Å². The lowest BCUT2D eigenvalue weighted by Gasteiger charge is -2.19. The van der Waals surface area contributed by atoms with Gasteiger partial charge >= 0.3 is 5.97 Å². The molecule has 1 N–H and O–H groups in total. The Morgan fingerprint density at radius 2 is 1.76 bits per heavy atom. The minimum absolute atomic E-state index is 0.000269. The summed E-state index contributed by atoms with van der Waals surface area (Å²) in [5.41, 5.74) is 2.46. The van der Waals surface area contributed by atoms with Gasteiger partial charge in [0.15, 0.2) is 0 Å². The maximum atomic E-state index is 11.4. The minimum Gasteiger partial charge on any atom is -0.463 e. The number of benzene rings is 1. The van der Waals surface area contributed by atoms with Crippen molar-refractivity contribution >= 4 is 5.97 Å². The molecule has 1 aromatic heterocycles. The van der Waals surface area contributed by atoms with Gasteiger partial charge in [-0.1, -0.05) is 29.8 Å². The third-order valence-corrected chi connectivity index (χ3v) is 3.52. The number of nitrogens with one attached hydrogen (secondary N) is 1. The van der Waals surface area contributed by atoms with Crippen molar-refractivity contribution < 1.29 is 13.9 Å². The summed E-state index contributed by atoms with van der Waals surface area (Å²) in [6.45, 7) is 6.18. The van der Waals surface area contributed by atoms with E-state index < -0.39 is 5.97 Å². The van der Waals surface area contributed by atoms with Crippen molar-refractivity contribution in [3.8, 4) is 0 Å². The molecule has 0 fully saturated rings. The Hall–Kier alpha value is -2.07. The van der Waals surface area contributed by atoms with Crippen LogP contribution in [0.25, 0.3) is 0 Å². The first kappa shape index (κ1) is 15.3. The molecule has 1 heterocycles. The zero-order valence-electron chi connectivity index (χ0n) is 12.8. The summed E-state index contributed by atoms with van der Waals surface area (Å²) in [5.74, 6) is 0.485. The summed E-state index contributed by atoms with van der Waals surface area (Å²) in [5, 5.41) is 3.46. The van der Waals surface area contributed by atoms with E-state index in [1.54, 1.807) is 12.1 Å². The van der Waals surface area contributed by atoms with E-state index in [-0.39, 0.29) is 17.8 Å². The fraction of sp³-hybridized carbons (Fsp3) is 0.353. The van der Waals surface area contributed by atoms with E-state index in [2.05, 4.69) is 48.2 Å². The summed E-state index contributed by atoms with van der Waals surface area (Å²) < 4.78 is 10.2. The molecule has 2 rings (SSSR count). The molecule has 21 heavy (non-hydrogen) atoms. The number of hydrogen-bond acceptors (Lipinski definition) is 4. The number of rotatable bonds is 5. The van der Waals surface area contributed by atoms with Gasteiger partial charge in [-0.2, -0.15) is 0 Å². The summed E-state index contributed by atoms with van der Waals surface area (Å²) in [4.78, 5) is 11.4. The lowest BCUT2D eigenvalue weighted by atomic mass is 10.1. The highest BCUT2D eigenvalue weighted by molar-refractivity contribution is 5.86. The molecule has 4 heteroatoms. The Labute approximate surface area is 125 Å². The zero-order chi connectivity index (χ0) is 15.4. The van der Waals surface area contributed by atoms with Crippen LogP contribution in [-0.4, -0.2) is 13.1 Å². The molecule has 112 valence electrons. The van der Waals surface area contributed by atoms with Gasteiger partial charge in [0.1, 0.15) is 5.76 Å². The van der Waals surface area contributed by atoms with Gasteiger partial charge in [0, 0.05) is 6.04 Å². The van der Waals surface area contributed by atoms with Gasteiger partial charge in [-0.05, 0) is 38.5 Å². The number of furan rings is 1. The molecule has 0 aliphatic rings. The van der Waals surface area contributed by atoms with Crippen LogP contribution in [0.4, 0.5) is 0 Å². The molecule has 0 spiro atoms. The molecular weight excluding hydrogens is 266 g/mol. The highest BCUT2D eigenvalue weighted by Crippen LogP contribution is 2.21. The molecule has 0 aliphatic carbocycles. The van der Waals surface area contributed by atoms with Crippen molar-refractivity contribution in [1.29, 1.82) is 0 Å². The predicted octanol–water partition coefficient (Wildman–Crippen LogP) is 3.79. The Balaban J connectivity index is 2.03.